The van der Waals surface area contributed by atoms with Gasteiger partial charge in [0, 0.05) is 12.7 Å². The smallest absolute Gasteiger partial charge is 0.144 e. The van der Waals surface area contributed by atoms with Crippen molar-refractivity contribution in [2.75, 3.05) is 31.3 Å². The lowest BCUT2D eigenvalue weighted by molar-refractivity contribution is 0.274. The van der Waals surface area contributed by atoms with Crippen LogP contribution in [0.2, 0.25) is 0 Å². The van der Waals surface area contributed by atoms with Gasteiger partial charge in [0.25, 0.3) is 0 Å². The fourth-order valence-corrected chi connectivity index (χ4v) is 3.03. The summed E-state index contributed by atoms with van der Waals surface area (Å²) in [7, 11) is 0. The lowest BCUT2D eigenvalue weighted by Crippen LogP contribution is -2.28. The second-order valence-corrected chi connectivity index (χ2v) is 5.77. The minimum atomic E-state index is 0.804. The Balaban J connectivity index is 1.47. The highest BCUT2D eigenvalue weighted by molar-refractivity contribution is 5.60. The molecule has 114 valence electrons. The first kappa shape index (κ1) is 14.4. The van der Waals surface area contributed by atoms with E-state index in [1.165, 1.54) is 32.4 Å². The Hall–Kier alpha value is -1.52. The number of ether oxygens (including phenoxy) is 1. The van der Waals surface area contributed by atoms with E-state index in [1.807, 2.05) is 23.2 Å². The van der Waals surface area contributed by atoms with E-state index in [4.69, 9.17) is 4.74 Å². The lowest BCUT2D eigenvalue weighted by Gasteiger charge is -2.23. The zero-order chi connectivity index (χ0) is 14.3. The van der Waals surface area contributed by atoms with Gasteiger partial charge in [0.1, 0.15) is 5.75 Å². The second kappa shape index (κ2) is 7.48. The molecule has 1 aromatic rings. The molecule has 0 atom stereocenters. The number of benzene rings is 1. The summed E-state index contributed by atoms with van der Waals surface area (Å²) < 4.78 is 6.01. The molecule has 1 fully saturated rings. The van der Waals surface area contributed by atoms with Crippen LogP contribution in [0, 0.1) is 5.92 Å². The average Bonchev–Trinajstić information content (AvgIpc) is 3.07. The number of hydrogen-bond donors (Lipinski definition) is 2. The predicted octanol–water partition coefficient (Wildman–Crippen LogP) is 2.68. The van der Waals surface area contributed by atoms with E-state index in [-0.39, 0.29) is 0 Å². The Labute approximate surface area is 127 Å². The van der Waals surface area contributed by atoms with Crippen molar-refractivity contribution < 1.29 is 4.74 Å². The molecule has 0 bridgehead atoms. The quantitative estimate of drug-likeness (QED) is 0.789. The largest absolute Gasteiger partial charge is 0.491 e. The Morgan fingerprint density at radius 2 is 2.05 bits per heavy atom. The van der Waals surface area contributed by atoms with Crippen LogP contribution in [-0.4, -0.2) is 26.2 Å². The molecule has 0 radical (unpaired) electrons. The van der Waals surface area contributed by atoms with Crippen LogP contribution in [0.3, 0.4) is 0 Å². The fraction of sp³-hybridized carbons (Fsp3) is 0.529. The van der Waals surface area contributed by atoms with Crippen LogP contribution in [0.15, 0.2) is 36.5 Å². The highest BCUT2D eigenvalue weighted by Gasteiger charge is 2.14. The Morgan fingerprint density at radius 1 is 1.19 bits per heavy atom. The number of piperidine rings is 1. The SMILES string of the molecule is C1=CN(c2ccccc2OCCCC2CCNCC2)NC1. The maximum atomic E-state index is 6.01. The molecule has 0 amide bonds. The van der Waals surface area contributed by atoms with Gasteiger partial charge in [0.2, 0.25) is 0 Å². The minimum absolute atomic E-state index is 0.804. The van der Waals surface area contributed by atoms with Crippen molar-refractivity contribution in [3.63, 3.8) is 0 Å². The van der Waals surface area contributed by atoms with Crippen molar-refractivity contribution >= 4 is 5.69 Å². The molecule has 3 rings (SSSR count). The van der Waals surface area contributed by atoms with Gasteiger partial charge in [0.15, 0.2) is 0 Å². The van der Waals surface area contributed by atoms with Crippen molar-refractivity contribution in [1.82, 2.24) is 10.7 Å². The zero-order valence-corrected chi connectivity index (χ0v) is 12.6. The van der Waals surface area contributed by atoms with Crippen molar-refractivity contribution in [3.05, 3.63) is 36.5 Å². The van der Waals surface area contributed by atoms with Gasteiger partial charge in [-0.05, 0) is 56.8 Å². The summed E-state index contributed by atoms with van der Waals surface area (Å²) in [4.78, 5) is 0. The van der Waals surface area contributed by atoms with Crippen LogP contribution in [0.25, 0.3) is 0 Å². The predicted molar refractivity (Wildman–Crippen MR) is 86.4 cm³/mol. The molecule has 2 heterocycles. The molecular formula is C17H25N3O. The first-order valence-electron chi connectivity index (χ1n) is 8.05. The van der Waals surface area contributed by atoms with Crippen LogP contribution in [0.1, 0.15) is 25.7 Å². The summed E-state index contributed by atoms with van der Waals surface area (Å²) in [6.07, 6.45) is 9.22. The van der Waals surface area contributed by atoms with Crippen LogP contribution in [0.4, 0.5) is 5.69 Å². The van der Waals surface area contributed by atoms with Gasteiger partial charge < -0.3 is 10.1 Å². The average molecular weight is 287 g/mol. The number of nitrogens with one attached hydrogen (secondary N) is 2. The molecule has 1 aromatic carbocycles. The lowest BCUT2D eigenvalue weighted by atomic mass is 9.93. The van der Waals surface area contributed by atoms with Gasteiger partial charge in [-0.25, -0.2) is 5.43 Å². The summed E-state index contributed by atoms with van der Waals surface area (Å²) in [5.74, 6) is 1.84. The monoisotopic (exact) mass is 287 g/mol. The van der Waals surface area contributed by atoms with Gasteiger partial charge in [-0.2, -0.15) is 0 Å². The molecule has 0 spiro atoms. The topological polar surface area (TPSA) is 36.5 Å². The molecule has 0 saturated carbocycles. The first-order valence-corrected chi connectivity index (χ1v) is 8.05. The third-order valence-electron chi connectivity index (χ3n) is 4.23. The van der Waals surface area contributed by atoms with Gasteiger partial charge in [-0.1, -0.05) is 18.2 Å². The van der Waals surface area contributed by atoms with Crippen LogP contribution in [0.5, 0.6) is 5.75 Å². The summed E-state index contributed by atoms with van der Waals surface area (Å²) in [6, 6.07) is 8.22. The summed E-state index contributed by atoms with van der Waals surface area (Å²) in [5.41, 5.74) is 4.38. The van der Waals surface area contributed by atoms with Crippen LogP contribution < -0.4 is 20.5 Å². The van der Waals surface area contributed by atoms with E-state index >= 15 is 0 Å². The summed E-state index contributed by atoms with van der Waals surface area (Å²) in [6.45, 7) is 4.05. The minimum Gasteiger partial charge on any atom is -0.491 e. The van der Waals surface area contributed by atoms with Gasteiger partial charge >= 0.3 is 0 Å². The van der Waals surface area contributed by atoms with E-state index in [2.05, 4.69) is 29.1 Å². The Bertz CT molecular complexity index is 469. The maximum Gasteiger partial charge on any atom is 0.144 e. The highest BCUT2D eigenvalue weighted by atomic mass is 16.5. The third kappa shape index (κ3) is 3.99. The maximum absolute atomic E-state index is 6.01. The number of rotatable bonds is 6. The van der Waals surface area contributed by atoms with Gasteiger partial charge in [0.05, 0.1) is 12.3 Å². The summed E-state index contributed by atoms with van der Waals surface area (Å²) in [5, 5.41) is 5.45. The van der Waals surface area contributed by atoms with Gasteiger partial charge in [-0.15, -0.1) is 0 Å². The van der Waals surface area contributed by atoms with Crippen molar-refractivity contribution in [2.24, 2.45) is 5.92 Å². The van der Waals surface area contributed by atoms with Crippen molar-refractivity contribution in [3.8, 4) is 5.75 Å². The van der Waals surface area contributed by atoms with Crippen molar-refractivity contribution in [2.45, 2.75) is 25.7 Å². The molecule has 1 saturated heterocycles. The molecule has 0 aromatic heterocycles. The number of hydrogen-bond acceptors (Lipinski definition) is 4. The number of nitrogens with zero attached hydrogens (tertiary/aromatic N) is 1. The highest BCUT2D eigenvalue weighted by Crippen LogP contribution is 2.28. The van der Waals surface area contributed by atoms with Gasteiger partial charge in [-0.3, -0.25) is 5.01 Å². The van der Waals surface area contributed by atoms with E-state index in [0.717, 1.165) is 36.9 Å². The normalized spacial score (nSPS) is 19.1. The zero-order valence-electron chi connectivity index (χ0n) is 12.6. The Kier molecular flexibility index (Phi) is 5.13. The van der Waals surface area contributed by atoms with Crippen LogP contribution >= 0.6 is 0 Å². The van der Waals surface area contributed by atoms with E-state index < -0.39 is 0 Å². The van der Waals surface area contributed by atoms with Crippen molar-refractivity contribution in [1.29, 1.82) is 0 Å². The third-order valence-corrected chi connectivity index (χ3v) is 4.23. The number of para-hydroxylation sites is 2. The molecule has 0 aliphatic carbocycles. The second-order valence-electron chi connectivity index (χ2n) is 5.77. The molecule has 2 aliphatic rings. The number of anilines is 1. The Morgan fingerprint density at radius 3 is 2.86 bits per heavy atom. The summed E-state index contributed by atoms with van der Waals surface area (Å²) >= 11 is 0. The number of hydrazine groups is 1. The molecule has 21 heavy (non-hydrogen) atoms. The van der Waals surface area contributed by atoms with E-state index in [9.17, 15) is 0 Å². The van der Waals surface area contributed by atoms with E-state index in [1.54, 1.807) is 0 Å². The molecule has 2 aliphatic heterocycles. The molecule has 4 nitrogen and oxygen atoms in total. The molecule has 4 heteroatoms. The first-order chi connectivity index (χ1) is 10.4. The standard InChI is InChI=1S/C17H25N3O/c1-2-7-17(16(6-1)20-13-4-10-19-20)21-14-3-5-15-8-11-18-12-9-15/h1-2,4,6-7,13,15,18-19H,3,5,8-12,14H2. The molecule has 0 unspecified atom stereocenters. The molecular weight excluding hydrogens is 262 g/mol. The van der Waals surface area contributed by atoms with E-state index in [0.29, 0.717) is 0 Å². The molecule has 2 N–H and O–H groups in total. The van der Waals surface area contributed by atoms with Crippen LogP contribution in [-0.2, 0) is 0 Å². The fourth-order valence-electron chi connectivity index (χ4n) is 3.03.